The van der Waals surface area contributed by atoms with Gasteiger partial charge in [-0.25, -0.2) is 0 Å². The third-order valence-corrected chi connectivity index (χ3v) is 4.07. The number of hydrogen-bond donors (Lipinski definition) is 1. The minimum atomic E-state index is -4.64. The molecule has 1 aliphatic heterocycles. The molecule has 0 saturated heterocycles. The maximum atomic E-state index is 12.8. The van der Waals surface area contributed by atoms with Crippen molar-refractivity contribution in [1.29, 1.82) is 0 Å². The second-order valence-corrected chi connectivity index (χ2v) is 6.00. The van der Waals surface area contributed by atoms with E-state index in [0.717, 1.165) is 17.5 Å². The van der Waals surface area contributed by atoms with E-state index in [-0.39, 0.29) is 30.0 Å². The molecule has 2 aromatic rings. The summed E-state index contributed by atoms with van der Waals surface area (Å²) in [5.74, 6) is -0.549. The molecule has 1 amide bonds. The van der Waals surface area contributed by atoms with Gasteiger partial charge in [-0.1, -0.05) is 5.16 Å². The predicted molar refractivity (Wildman–Crippen MR) is 78.5 cm³/mol. The van der Waals surface area contributed by atoms with Crippen LogP contribution in [0.1, 0.15) is 53.0 Å². The van der Waals surface area contributed by atoms with Crippen molar-refractivity contribution in [2.45, 2.75) is 45.2 Å². The van der Waals surface area contributed by atoms with E-state index in [0.29, 0.717) is 6.42 Å². The van der Waals surface area contributed by atoms with E-state index in [9.17, 15) is 18.0 Å². The fourth-order valence-electron chi connectivity index (χ4n) is 3.10. The average Bonchev–Trinajstić information content (AvgIpc) is 3.09. The molecule has 3 heterocycles. The number of aromatic nitrogens is 3. The van der Waals surface area contributed by atoms with Crippen molar-refractivity contribution in [3.8, 4) is 0 Å². The molecule has 2 aromatic heterocycles. The summed E-state index contributed by atoms with van der Waals surface area (Å²) in [6.07, 6.45) is -3.55. The van der Waals surface area contributed by atoms with Crippen molar-refractivity contribution in [2.75, 3.05) is 0 Å². The van der Waals surface area contributed by atoms with Crippen LogP contribution >= 0.6 is 0 Å². The van der Waals surface area contributed by atoms with Crippen molar-refractivity contribution in [3.05, 3.63) is 34.5 Å². The molecule has 136 valence electrons. The van der Waals surface area contributed by atoms with Gasteiger partial charge in [-0.05, 0) is 13.8 Å². The molecule has 1 aliphatic rings. The third-order valence-electron chi connectivity index (χ3n) is 4.07. The van der Waals surface area contributed by atoms with Crippen LogP contribution in [0, 0.1) is 0 Å². The van der Waals surface area contributed by atoms with Crippen molar-refractivity contribution >= 4 is 5.91 Å². The van der Waals surface area contributed by atoms with Crippen molar-refractivity contribution < 1.29 is 27.2 Å². The summed E-state index contributed by atoms with van der Waals surface area (Å²) in [5.41, 5.74) is 0.364. The first kappa shape index (κ1) is 17.5. The van der Waals surface area contributed by atoms with Gasteiger partial charge in [0.2, 0.25) is 0 Å². The number of fused-ring (bicyclic) bond motifs is 1. The van der Waals surface area contributed by atoms with E-state index >= 15 is 0 Å². The number of nitrogens with one attached hydrogen (secondary N) is 1. The average molecular weight is 358 g/mol. The summed E-state index contributed by atoms with van der Waals surface area (Å²) in [6.45, 7) is 3.40. The summed E-state index contributed by atoms with van der Waals surface area (Å²) in [6, 6.07) is 0. The first-order valence-electron chi connectivity index (χ1n) is 7.68. The highest BCUT2D eigenvalue weighted by Crippen LogP contribution is 2.32. The van der Waals surface area contributed by atoms with Crippen LogP contribution in [0.4, 0.5) is 13.2 Å². The molecule has 3 rings (SSSR count). The van der Waals surface area contributed by atoms with Crippen LogP contribution in [0.25, 0.3) is 0 Å². The molecule has 0 aliphatic carbocycles. The zero-order valence-electron chi connectivity index (χ0n) is 13.8. The molecular weight excluding hydrogens is 341 g/mol. The van der Waals surface area contributed by atoms with Gasteiger partial charge in [0, 0.05) is 31.1 Å². The Bertz CT molecular complexity index is 797. The van der Waals surface area contributed by atoms with Crippen LogP contribution in [0.15, 0.2) is 10.8 Å². The molecule has 7 nitrogen and oxygen atoms in total. The Morgan fingerprint density at radius 1 is 1.44 bits per heavy atom. The quantitative estimate of drug-likeness (QED) is 0.911. The second-order valence-electron chi connectivity index (χ2n) is 6.00. The smallest absolute Gasteiger partial charge is 0.369 e. The highest BCUT2D eigenvalue weighted by molar-refractivity contribution is 5.94. The molecule has 25 heavy (non-hydrogen) atoms. The zero-order chi connectivity index (χ0) is 18.4. The summed E-state index contributed by atoms with van der Waals surface area (Å²) < 4.78 is 50.0. The Hall–Kier alpha value is -2.36. The van der Waals surface area contributed by atoms with E-state index in [1.165, 1.54) is 0 Å². The summed E-state index contributed by atoms with van der Waals surface area (Å²) >= 11 is 0. The molecule has 0 radical (unpaired) electrons. The van der Waals surface area contributed by atoms with Gasteiger partial charge in [0.15, 0.2) is 11.4 Å². The molecule has 0 unspecified atom stereocenters. The number of rotatable bonds is 3. The summed E-state index contributed by atoms with van der Waals surface area (Å²) in [4.78, 5) is 12.4. The number of amides is 1. The lowest BCUT2D eigenvalue weighted by molar-refractivity contribution is -0.143. The molecule has 0 saturated carbocycles. The first-order chi connectivity index (χ1) is 11.7. The fourth-order valence-corrected chi connectivity index (χ4v) is 3.10. The maximum Gasteiger partial charge on any atom is 0.437 e. The van der Waals surface area contributed by atoms with Crippen molar-refractivity contribution in [1.82, 2.24) is 20.3 Å². The van der Waals surface area contributed by atoms with Gasteiger partial charge in [-0.3, -0.25) is 9.48 Å². The lowest BCUT2D eigenvalue weighted by Gasteiger charge is -2.26. The Morgan fingerprint density at radius 3 is 2.84 bits per heavy atom. The molecule has 1 N–H and O–H groups in total. The molecule has 10 heteroatoms. The lowest BCUT2D eigenvalue weighted by atomic mass is 9.99. The van der Waals surface area contributed by atoms with Crippen molar-refractivity contribution in [3.63, 3.8) is 0 Å². The topological polar surface area (TPSA) is 82.2 Å². The van der Waals surface area contributed by atoms with Crippen LogP contribution in [-0.4, -0.2) is 26.9 Å². The first-order valence-corrected chi connectivity index (χ1v) is 7.68. The van der Waals surface area contributed by atoms with E-state index in [4.69, 9.17) is 4.74 Å². The van der Waals surface area contributed by atoms with Gasteiger partial charge in [0.05, 0.1) is 17.9 Å². The lowest BCUT2D eigenvalue weighted by Crippen LogP contribution is -2.28. The monoisotopic (exact) mass is 358 g/mol. The van der Waals surface area contributed by atoms with Gasteiger partial charge in [0.1, 0.15) is 6.26 Å². The van der Waals surface area contributed by atoms with Gasteiger partial charge < -0.3 is 14.6 Å². The Kier molecular flexibility index (Phi) is 4.31. The number of carbonyl (C=O) groups is 1. The van der Waals surface area contributed by atoms with Crippen LogP contribution in [0.2, 0.25) is 0 Å². The number of ether oxygens (including phenoxy) is 1. The highest BCUT2D eigenvalue weighted by Gasteiger charge is 2.37. The molecular formula is C15H17F3N4O3. The maximum absolute atomic E-state index is 12.8. The number of hydrogen-bond acceptors (Lipinski definition) is 5. The Morgan fingerprint density at radius 2 is 2.16 bits per heavy atom. The number of carbonyl (C=O) groups excluding carboxylic acids is 1. The van der Waals surface area contributed by atoms with Crippen LogP contribution < -0.4 is 5.32 Å². The molecule has 2 atom stereocenters. The zero-order valence-corrected chi connectivity index (χ0v) is 13.8. The predicted octanol–water partition coefficient (Wildman–Crippen LogP) is 2.38. The van der Waals surface area contributed by atoms with E-state index < -0.39 is 17.8 Å². The van der Waals surface area contributed by atoms with E-state index in [1.807, 2.05) is 13.8 Å². The normalized spacial score (nSPS) is 20.4. The number of nitrogens with zero attached hydrogens (tertiary/aromatic N) is 3. The second kappa shape index (κ2) is 6.17. The minimum absolute atomic E-state index is 0.0758. The molecule has 0 bridgehead atoms. The summed E-state index contributed by atoms with van der Waals surface area (Å²) in [7, 11) is 1.70. The molecule has 0 aromatic carbocycles. The number of halogens is 3. The Balaban J connectivity index is 1.80. The van der Waals surface area contributed by atoms with Crippen LogP contribution in [-0.2, 0) is 30.9 Å². The van der Waals surface area contributed by atoms with Gasteiger partial charge in [0.25, 0.3) is 5.91 Å². The SMILES string of the molecule is C[C@@H]1Cc2c(C(=O)NCc3conc3C(F)(F)F)nn(C)c2[C@H](C)O1. The number of aryl methyl sites for hydroxylation is 1. The molecule has 0 spiro atoms. The van der Waals surface area contributed by atoms with E-state index in [1.54, 1.807) is 11.7 Å². The van der Waals surface area contributed by atoms with E-state index in [2.05, 4.69) is 20.1 Å². The fraction of sp³-hybridized carbons (Fsp3) is 0.533. The van der Waals surface area contributed by atoms with Crippen LogP contribution in [0.5, 0.6) is 0 Å². The molecule has 0 fully saturated rings. The summed E-state index contributed by atoms with van der Waals surface area (Å²) in [5, 5.41) is 9.61. The van der Waals surface area contributed by atoms with Gasteiger partial charge in [-0.2, -0.15) is 18.3 Å². The largest absolute Gasteiger partial charge is 0.437 e. The Labute approximate surface area is 141 Å². The standard InChI is InChI=1S/C15H17F3N4O3/c1-7-4-10-11(20-22(3)12(10)8(2)25-7)14(23)19-5-9-6-24-21-13(9)15(16,17)18/h6-8H,4-5H2,1-3H3,(H,19,23)/t7-,8+/m1/s1. The van der Waals surface area contributed by atoms with Gasteiger partial charge in [-0.15, -0.1) is 0 Å². The number of alkyl halides is 3. The van der Waals surface area contributed by atoms with Crippen LogP contribution in [0.3, 0.4) is 0 Å². The highest BCUT2D eigenvalue weighted by atomic mass is 19.4. The minimum Gasteiger partial charge on any atom is -0.369 e. The van der Waals surface area contributed by atoms with Crippen molar-refractivity contribution in [2.24, 2.45) is 7.05 Å². The third kappa shape index (κ3) is 3.26. The van der Waals surface area contributed by atoms with Gasteiger partial charge >= 0.3 is 6.18 Å².